The minimum atomic E-state index is 0. The Balaban J connectivity index is 0.00000400. The number of H-pyrrole nitrogens is 2. The second-order valence-electron chi connectivity index (χ2n) is 12.9. The van der Waals surface area contributed by atoms with E-state index in [2.05, 4.69) is 22.1 Å². The third kappa shape index (κ3) is 5.93. The smallest absolute Gasteiger partial charge is 0.398 e. The fourth-order valence-electron chi connectivity index (χ4n) is 7.19. The number of hydrogen-bond donors (Lipinski definition) is 6. The summed E-state index contributed by atoms with van der Waals surface area (Å²) in [6.45, 7) is 0. The van der Waals surface area contributed by atoms with E-state index in [0.717, 1.165) is 83.7 Å². The Morgan fingerprint density at radius 3 is 1.47 bits per heavy atom. The largest absolute Gasteiger partial charge is 2.00 e. The number of aromatic nitrogens is 4. The van der Waals surface area contributed by atoms with Crippen molar-refractivity contribution in [3.05, 3.63) is 156 Å². The number of para-hydroxylation sites is 4. The van der Waals surface area contributed by atoms with Crippen molar-refractivity contribution < 1.29 is 16.8 Å². The maximum Gasteiger partial charge on any atom is 2.00 e. The van der Waals surface area contributed by atoms with Crippen molar-refractivity contribution in [2.75, 3.05) is 22.9 Å². The van der Waals surface area contributed by atoms with Crippen LogP contribution in [0.1, 0.15) is 28.3 Å². The van der Waals surface area contributed by atoms with E-state index >= 15 is 0 Å². The van der Waals surface area contributed by atoms with E-state index in [-0.39, 0.29) is 16.8 Å². The second kappa shape index (κ2) is 13.4. The quantitative estimate of drug-likeness (QED) is 0.0988. The maximum atomic E-state index is 6.90. The van der Waals surface area contributed by atoms with Gasteiger partial charge in [0.2, 0.25) is 0 Å². The van der Waals surface area contributed by atoms with Crippen LogP contribution in [0.25, 0.3) is 79.2 Å². The van der Waals surface area contributed by atoms with Crippen LogP contribution >= 0.6 is 0 Å². The molecule has 4 aromatic carbocycles. The van der Waals surface area contributed by atoms with Gasteiger partial charge in [-0.25, -0.2) is 9.97 Å². The van der Waals surface area contributed by atoms with Crippen molar-refractivity contribution in [3.8, 4) is 33.4 Å². The average molecular weight is 734 g/mol. The summed E-state index contributed by atoms with van der Waals surface area (Å²) < 4.78 is 0. The Morgan fingerprint density at radius 2 is 0.906 bits per heavy atom. The first-order chi connectivity index (χ1) is 25.4. The zero-order valence-corrected chi connectivity index (χ0v) is 29.4. The number of fused-ring (bicyclic) bond motifs is 8. The van der Waals surface area contributed by atoms with Crippen molar-refractivity contribution in [2.24, 2.45) is 0 Å². The molecule has 10 N–H and O–H groups in total. The molecule has 9 heteroatoms. The molecule has 2 aliphatic rings. The predicted molar refractivity (Wildman–Crippen MR) is 217 cm³/mol. The van der Waals surface area contributed by atoms with Crippen LogP contribution in [0.2, 0.25) is 0 Å². The van der Waals surface area contributed by atoms with E-state index in [1.807, 2.05) is 133 Å². The topological polar surface area (TPSA) is 161 Å². The molecule has 5 heterocycles. The number of nitrogens with one attached hydrogen (secondary N) is 2. The van der Waals surface area contributed by atoms with Gasteiger partial charge in [0.25, 0.3) is 0 Å². The molecule has 0 amide bonds. The Labute approximate surface area is 316 Å². The number of benzene rings is 4. The Morgan fingerprint density at radius 1 is 0.434 bits per heavy atom. The van der Waals surface area contributed by atoms with Gasteiger partial charge in [0.15, 0.2) is 0 Å². The van der Waals surface area contributed by atoms with Gasteiger partial charge in [-0.1, -0.05) is 72.8 Å². The maximum absolute atomic E-state index is 6.90. The molecule has 2 aliphatic heterocycles. The average Bonchev–Trinajstić information content (AvgIpc) is 3.95. The predicted octanol–water partition coefficient (Wildman–Crippen LogP) is 9.40. The number of nitrogen functional groups attached to an aromatic ring is 4. The summed E-state index contributed by atoms with van der Waals surface area (Å²) in [6.07, 6.45) is 6.10. The minimum Gasteiger partial charge on any atom is -0.398 e. The first-order valence-electron chi connectivity index (χ1n) is 17.0. The number of anilines is 4. The van der Waals surface area contributed by atoms with Crippen molar-refractivity contribution >= 4 is 68.6 Å². The molecule has 0 atom stereocenters. The van der Waals surface area contributed by atoms with Gasteiger partial charge in [-0.2, -0.15) is 0 Å². The van der Waals surface area contributed by atoms with Crippen LogP contribution in [-0.2, 0) is 16.8 Å². The van der Waals surface area contributed by atoms with Crippen molar-refractivity contribution in [3.63, 3.8) is 0 Å². The van der Waals surface area contributed by atoms with Gasteiger partial charge in [0, 0.05) is 83.8 Å². The van der Waals surface area contributed by atoms with E-state index in [0.29, 0.717) is 28.4 Å². The number of hydrogen-bond acceptors (Lipinski definition) is 6. The van der Waals surface area contributed by atoms with Gasteiger partial charge in [0.1, 0.15) is 0 Å². The van der Waals surface area contributed by atoms with Crippen LogP contribution in [0, 0.1) is 0 Å². The molecule has 9 rings (SSSR count). The zero-order valence-electron chi connectivity index (χ0n) is 28.4. The molecule has 3 aromatic heterocycles. The molecule has 8 nitrogen and oxygen atoms in total. The van der Waals surface area contributed by atoms with E-state index < -0.39 is 0 Å². The summed E-state index contributed by atoms with van der Waals surface area (Å²) in [5.74, 6) is 0. The molecular formula is C44H34CoN8+2. The van der Waals surface area contributed by atoms with Crippen molar-refractivity contribution in [2.45, 2.75) is 0 Å². The van der Waals surface area contributed by atoms with Gasteiger partial charge < -0.3 is 32.9 Å². The van der Waals surface area contributed by atoms with Crippen LogP contribution in [0.3, 0.4) is 0 Å². The number of aromatic amines is 2. The molecule has 0 saturated heterocycles. The first kappa shape index (κ1) is 33.3. The van der Waals surface area contributed by atoms with E-state index in [4.69, 9.17) is 32.9 Å². The van der Waals surface area contributed by atoms with Gasteiger partial charge in [-0.15, -0.1) is 0 Å². The van der Waals surface area contributed by atoms with Crippen molar-refractivity contribution in [1.29, 1.82) is 0 Å². The fourth-order valence-corrected chi connectivity index (χ4v) is 7.19. The third-order valence-electron chi connectivity index (χ3n) is 9.56. The monoisotopic (exact) mass is 733 g/mol. The molecule has 0 aliphatic carbocycles. The molecule has 8 bridgehead atoms. The summed E-state index contributed by atoms with van der Waals surface area (Å²) in [5, 5.41) is 0. The zero-order chi connectivity index (χ0) is 35.3. The molecule has 0 fully saturated rings. The molecule has 0 unspecified atom stereocenters. The third-order valence-corrected chi connectivity index (χ3v) is 9.56. The molecule has 7 aromatic rings. The second-order valence-corrected chi connectivity index (χ2v) is 12.9. The SMILES string of the molecule is Nc1ccccc1C1=Cc2cc3ccc(cc4nc(cc5[nH]c(c(-c6ccccc6N)c1n2)c(-c1ccccc1N)c5-c1ccccc1N)C=C4)[nH]3.[Co+2]. The first-order valence-corrected chi connectivity index (χ1v) is 17.0. The number of rotatable bonds is 4. The van der Waals surface area contributed by atoms with Gasteiger partial charge in [-0.05, 0) is 72.8 Å². The number of nitrogens with two attached hydrogens (primary N) is 4. The normalized spacial score (nSPS) is 12.0. The standard InChI is InChI=1S/C44H34N8.Co/c45-35-13-5-1-9-30(35)34-23-29-22-27-18-17-25(49-27)21-26-19-20-28(50-26)24-39-40(31-10-2-6-14-36(31)46)41(32-11-3-7-15-37(32)47)44(52-39)42(43(34)51-29)33-12-4-8-16-38(33)48;/h1-24,49,52H,45-48H2;/q;+2. The Kier molecular flexibility index (Phi) is 8.42. The fraction of sp³-hybridized carbons (Fsp3) is 0. The molecule has 0 saturated carbocycles. The van der Waals surface area contributed by atoms with E-state index in [1.54, 1.807) is 0 Å². The summed E-state index contributed by atoms with van der Waals surface area (Å²) >= 11 is 0. The van der Waals surface area contributed by atoms with E-state index in [1.165, 1.54) is 0 Å². The van der Waals surface area contributed by atoms with Crippen molar-refractivity contribution in [1.82, 2.24) is 19.9 Å². The minimum absolute atomic E-state index is 0. The van der Waals surface area contributed by atoms with Gasteiger partial charge >= 0.3 is 16.8 Å². The Bertz CT molecular complexity index is 2810. The van der Waals surface area contributed by atoms with E-state index in [9.17, 15) is 0 Å². The molecule has 1 radical (unpaired) electrons. The van der Waals surface area contributed by atoms with Gasteiger partial charge in [-0.3, -0.25) is 0 Å². The summed E-state index contributed by atoms with van der Waals surface area (Å²) in [5.41, 5.74) is 42.9. The van der Waals surface area contributed by atoms with Gasteiger partial charge in [0.05, 0.1) is 28.3 Å². The molecule has 53 heavy (non-hydrogen) atoms. The van der Waals surface area contributed by atoms with Crippen LogP contribution in [-0.4, -0.2) is 19.9 Å². The van der Waals surface area contributed by atoms with Crippen LogP contribution in [0.15, 0.2) is 127 Å². The summed E-state index contributed by atoms with van der Waals surface area (Å²) in [7, 11) is 0. The summed E-state index contributed by atoms with van der Waals surface area (Å²) in [6, 6.07) is 41.6. The van der Waals surface area contributed by atoms with Crippen LogP contribution < -0.4 is 22.9 Å². The molecule has 257 valence electrons. The van der Waals surface area contributed by atoms with Crippen LogP contribution in [0.4, 0.5) is 22.7 Å². The summed E-state index contributed by atoms with van der Waals surface area (Å²) in [4.78, 5) is 17.7. The molecular weight excluding hydrogens is 699 g/mol. The molecule has 0 spiro atoms. The van der Waals surface area contributed by atoms with Crippen LogP contribution in [0.5, 0.6) is 0 Å². The number of nitrogens with zero attached hydrogens (tertiary/aromatic N) is 2. The Hall–Kier alpha value is -6.81.